The number of para-hydroxylation sites is 1. The second kappa shape index (κ2) is 7.99. The number of carbonyl (C=O) groups is 1. The number of H-pyrrole nitrogens is 1. The van der Waals surface area contributed by atoms with Gasteiger partial charge >= 0.3 is 0 Å². The van der Waals surface area contributed by atoms with Crippen molar-refractivity contribution in [1.29, 1.82) is 0 Å². The highest BCUT2D eigenvalue weighted by atomic mass is 16.1. The zero-order valence-corrected chi connectivity index (χ0v) is 16.6. The zero-order valence-electron chi connectivity index (χ0n) is 16.6. The van der Waals surface area contributed by atoms with Gasteiger partial charge in [0.15, 0.2) is 5.65 Å². The topological polar surface area (TPSA) is 73.9 Å². The molecule has 1 aliphatic heterocycles. The van der Waals surface area contributed by atoms with Crippen LogP contribution in [-0.4, -0.2) is 33.9 Å². The molecule has 0 radical (unpaired) electrons. The molecule has 1 aliphatic rings. The molecule has 0 spiro atoms. The van der Waals surface area contributed by atoms with E-state index in [-0.39, 0.29) is 5.91 Å². The monoisotopic (exact) mass is 397 g/mol. The molecular formula is C24H23N5O. The van der Waals surface area contributed by atoms with Crippen LogP contribution in [-0.2, 0) is 0 Å². The van der Waals surface area contributed by atoms with Crippen molar-refractivity contribution < 1.29 is 4.79 Å². The fourth-order valence-electron chi connectivity index (χ4n) is 3.94. The zero-order chi connectivity index (χ0) is 20.3. The second-order valence-electron chi connectivity index (χ2n) is 7.55. The van der Waals surface area contributed by atoms with Gasteiger partial charge in [0.25, 0.3) is 5.91 Å². The molecule has 0 bridgehead atoms. The molecular weight excluding hydrogens is 374 g/mol. The number of amides is 1. The quantitative estimate of drug-likeness (QED) is 0.515. The first-order valence-electron chi connectivity index (χ1n) is 10.3. The highest BCUT2D eigenvalue weighted by molar-refractivity contribution is 6.06. The molecule has 1 saturated heterocycles. The minimum Gasteiger partial charge on any atom is -0.372 e. The Morgan fingerprint density at radius 1 is 0.933 bits per heavy atom. The maximum atomic E-state index is 12.9. The number of aromatic nitrogens is 3. The predicted octanol–water partition coefficient (Wildman–Crippen LogP) is 4.87. The van der Waals surface area contributed by atoms with Crippen molar-refractivity contribution in [3.05, 3.63) is 72.4 Å². The van der Waals surface area contributed by atoms with E-state index in [0.717, 1.165) is 29.8 Å². The SMILES string of the molecule is O=C(Nc1ccccc1-c1nc2cccnc2[nH]1)c1ccc(N2CCCCC2)cc1. The van der Waals surface area contributed by atoms with Crippen molar-refractivity contribution in [1.82, 2.24) is 15.0 Å². The number of anilines is 2. The number of piperidine rings is 1. The Morgan fingerprint density at radius 3 is 2.53 bits per heavy atom. The van der Waals surface area contributed by atoms with Gasteiger partial charge in [0.05, 0.1) is 5.69 Å². The summed E-state index contributed by atoms with van der Waals surface area (Å²) in [6.07, 6.45) is 5.50. The molecule has 1 fully saturated rings. The van der Waals surface area contributed by atoms with Gasteiger partial charge in [-0.2, -0.15) is 0 Å². The molecule has 2 aromatic heterocycles. The van der Waals surface area contributed by atoms with Crippen LogP contribution in [0, 0.1) is 0 Å². The van der Waals surface area contributed by atoms with Crippen LogP contribution in [0.15, 0.2) is 66.9 Å². The van der Waals surface area contributed by atoms with Gasteiger partial charge < -0.3 is 15.2 Å². The predicted molar refractivity (Wildman–Crippen MR) is 120 cm³/mol. The number of carbonyl (C=O) groups excluding carboxylic acids is 1. The number of pyridine rings is 1. The van der Waals surface area contributed by atoms with Crippen molar-refractivity contribution in [3.63, 3.8) is 0 Å². The van der Waals surface area contributed by atoms with Crippen molar-refractivity contribution >= 4 is 28.4 Å². The van der Waals surface area contributed by atoms with E-state index < -0.39 is 0 Å². The summed E-state index contributed by atoms with van der Waals surface area (Å²) < 4.78 is 0. The highest BCUT2D eigenvalue weighted by Crippen LogP contribution is 2.28. The first-order chi connectivity index (χ1) is 14.8. The van der Waals surface area contributed by atoms with Crippen LogP contribution in [0.2, 0.25) is 0 Å². The third-order valence-corrected chi connectivity index (χ3v) is 5.54. The van der Waals surface area contributed by atoms with E-state index >= 15 is 0 Å². The number of hydrogen-bond acceptors (Lipinski definition) is 4. The first kappa shape index (κ1) is 18.4. The van der Waals surface area contributed by atoms with Gasteiger partial charge in [-0.3, -0.25) is 4.79 Å². The molecule has 5 rings (SSSR count). The Balaban J connectivity index is 1.37. The van der Waals surface area contributed by atoms with Crippen molar-refractivity contribution in [2.45, 2.75) is 19.3 Å². The van der Waals surface area contributed by atoms with Crippen LogP contribution in [0.25, 0.3) is 22.6 Å². The normalized spacial score (nSPS) is 14.1. The molecule has 0 atom stereocenters. The van der Waals surface area contributed by atoms with Crippen molar-refractivity contribution in [2.24, 2.45) is 0 Å². The minimum atomic E-state index is -0.137. The molecule has 0 aliphatic carbocycles. The van der Waals surface area contributed by atoms with E-state index in [1.807, 2.05) is 60.7 Å². The summed E-state index contributed by atoms with van der Waals surface area (Å²) in [4.78, 5) is 27.4. The summed E-state index contributed by atoms with van der Waals surface area (Å²) in [6, 6.07) is 19.3. The Labute approximate surface area is 175 Å². The third-order valence-electron chi connectivity index (χ3n) is 5.54. The number of rotatable bonds is 4. The summed E-state index contributed by atoms with van der Waals surface area (Å²) in [7, 11) is 0. The number of benzene rings is 2. The summed E-state index contributed by atoms with van der Waals surface area (Å²) in [5, 5.41) is 3.04. The number of aromatic amines is 1. The molecule has 1 amide bonds. The van der Waals surface area contributed by atoms with Gasteiger partial charge in [-0.05, 0) is 67.8 Å². The molecule has 3 heterocycles. The van der Waals surface area contributed by atoms with Gasteiger partial charge in [-0.15, -0.1) is 0 Å². The van der Waals surface area contributed by atoms with Crippen LogP contribution >= 0.6 is 0 Å². The van der Waals surface area contributed by atoms with E-state index in [1.165, 1.54) is 24.9 Å². The lowest BCUT2D eigenvalue weighted by Crippen LogP contribution is -2.29. The van der Waals surface area contributed by atoms with Crippen molar-refractivity contribution in [3.8, 4) is 11.4 Å². The van der Waals surface area contributed by atoms with Gasteiger partial charge in [0.1, 0.15) is 11.3 Å². The van der Waals surface area contributed by atoms with Crippen LogP contribution in [0.1, 0.15) is 29.6 Å². The molecule has 4 aromatic rings. The second-order valence-corrected chi connectivity index (χ2v) is 7.55. The number of nitrogens with zero attached hydrogens (tertiary/aromatic N) is 3. The standard InChI is InChI=1S/C24H23N5O/c30-24(17-10-12-18(13-11-17)29-15-4-1-5-16-29)27-20-8-3-2-7-19(20)22-26-21-9-6-14-25-23(21)28-22/h2-3,6-14H,1,4-5,15-16H2,(H,27,30)(H,25,26,28). The van der Waals surface area contributed by atoms with Gasteiger partial charge in [0.2, 0.25) is 0 Å². The summed E-state index contributed by atoms with van der Waals surface area (Å²) in [6.45, 7) is 2.18. The molecule has 6 heteroatoms. The average molecular weight is 397 g/mol. The Kier molecular flexibility index (Phi) is 4.89. The lowest BCUT2D eigenvalue weighted by atomic mass is 10.1. The lowest BCUT2D eigenvalue weighted by Gasteiger charge is -2.28. The molecule has 0 saturated carbocycles. The van der Waals surface area contributed by atoms with E-state index in [2.05, 4.69) is 25.2 Å². The maximum Gasteiger partial charge on any atom is 0.255 e. The largest absolute Gasteiger partial charge is 0.372 e. The molecule has 2 N–H and O–H groups in total. The Morgan fingerprint density at radius 2 is 1.73 bits per heavy atom. The van der Waals surface area contributed by atoms with Crippen molar-refractivity contribution in [2.75, 3.05) is 23.3 Å². The molecule has 150 valence electrons. The smallest absolute Gasteiger partial charge is 0.255 e. The maximum absolute atomic E-state index is 12.9. The highest BCUT2D eigenvalue weighted by Gasteiger charge is 2.15. The number of nitrogens with one attached hydrogen (secondary N) is 2. The van der Waals surface area contributed by atoms with Gasteiger partial charge in [-0.25, -0.2) is 9.97 Å². The minimum absolute atomic E-state index is 0.137. The number of hydrogen-bond donors (Lipinski definition) is 2. The molecule has 30 heavy (non-hydrogen) atoms. The van der Waals surface area contributed by atoms with Gasteiger partial charge in [0, 0.05) is 36.1 Å². The van der Waals surface area contributed by atoms with Crippen LogP contribution in [0.5, 0.6) is 0 Å². The van der Waals surface area contributed by atoms with Crippen LogP contribution < -0.4 is 10.2 Å². The fraction of sp³-hybridized carbons (Fsp3) is 0.208. The Bertz CT molecular complexity index is 1140. The lowest BCUT2D eigenvalue weighted by molar-refractivity contribution is 0.102. The van der Waals surface area contributed by atoms with E-state index in [0.29, 0.717) is 17.1 Å². The fourth-order valence-corrected chi connectivity index (χ4v) is 3.94. The van der Waals surface area contributed by atoms with Gasteiger partial charge in [-0.1, -0.05) is 12.1 Å². The summed E-state index contributed by atoms with van der Waals surface area (Å²) >= 11 is 0. The Hall–Kier alpha value is -3.67. The number of fused-ring (bicyclic) bond motifs is 1. The summed E-state index contributed by atoms with van der Waals surface area (Å²) in [5.74, 6) is 0.543. The van der Waals surface area contributed by atoms with Crippen LogP contribution in [0.3, 0.4) is 0 Å². The molecule has 6 nitrogen and oxygen atoms in total. The van der Waals surface area contributed by atoms with E-state index in [4.69, 9.17) is 0 Å². The first-order valence-corrected chi connectivity index (χ1v) is 10.3. The summed E-state index contributed by atoms with van der Waals surface area (Å²) in [5.41, 5.74) is 4.87. The van der Waals surface area contributed by atoms with Crippen LogP contribution in [0.4, 0.5) is 11.4 Å². The molecule has 0 unspecified atom stereocenters. The van der Waals surface area contributed by atoms with E-state index in [9.17, 15) is 4.79 Å². The number of imidazole rings is 1. The third kappa shape index (κ3) is 3.64. The molecule has 2 aromatic carbocycles. The average Bonchev–Trinajstić information content (AvgIpc) is 3.24. The van der Waals surface area contributed by atoms with E-state index in [1.54, 1.807) is 6.20 Å².